The fraction of sp³-hybridized carbons (Fsp3) is 0.538. The van der Waals surface area contributed by atoms with E-state index in [0.717, 1.165) is 12.1 Å². The number of hydrogen-bond acceptors (Lipinski definition) is 2. The van der Waals surface area contributed by atoms with Crippen molar-refractivity contribution in [2.24, 2.45) is 0 Å². The molecule has 1 aromatic rings. The number of halogens is 1. The first-order valence-electron chi connectivity index (χ1n) is 5.72. The van der Waals surface area contributed by atoms with Crippen LogP contribution < -0.4 is 5.32 Å². The third-order valence-electron chi connectivity index (χ3n) is 3.05. The molecule has 1 atom stereocenters. The first-order chi connectivity index (χ1) is 7.73. The van der Waals surface area contributed by atoms with Crippen LogP contribution in [-0.2, 0) is 17.7 Å². The van der Waals surface area contributed by atoms with E-state index in [4.69, 9.17) is 4.74 Å². The molecule has 1 saturated heterocycles. The Kier molecular flexibility index (Phi) is 3.56. The average molecular weight is 223 g/mol. The summed E-state index contributed by atoms with van der Waals surface area (Å²) in [5.41, 5.74) is 1.10. The molecule has 3 heteroatoms. The summed E-state index contributed by atoms with van der Waals surface area (Å²) in [5.74, 6) is 0. The molecule has 88 valence electrons. The highest BCUT2D eigenvalue weighted by Crippen LogP contribution is 2.28. The van der Waals surface area contributed by atoms with Gasteiger partial charge in [-0.25, -0.2) is 4.39 Å². The molecule has 1 unspecified atom stereocenters. The SMILES string of the molecule is CNCc1ccccc1CC1(F)CCOC1. The van der Waals surface area contributed by atoms with Gasteiger partial charge in [0.1, 0.15) is 5.67 Å². The van der Waals surface area contributed by atoms with Gasteiger partial charge in [-0.2, -0.15) is 0 Å². The summed E-state index contributed by atoms with van der Waals surface area (Å²) in [6, 6.07) is 8.01. The van der Waals surface area contributed by atoms with Gasteiger partial charge in [-0.1, -0.05) is 24.3 Å². The Bertz CT molecular complexity index is 348. The van der Waals surface area contributed by atoms with Gasteiger partial charge < -0.3 is 10.1 Å². The van der Waals surface area contributed by atoms with E-state index >= 15 is 0 Å². The first-order valence-corrected chi connectivity index (χ1v) is 5.72. The van der Waals surface area contributed by atoms with Crippen molar-refractivity contribution >= 4 is 0 Å². The predicted molar refractivity (Wildman–Crippen MR) is 62.2 cm³/mol. The number of nitrogens with one attached hydrogen (secondary N) is 1. The molecule has 1 aromatic carbocycles. The normalized spacial score (nSPS) is 24.9. The minimum Gasteiger partial charge on any atom is -0.378 e. The van der Waals surface area contributed by atoms with Gasteiger partial charge in [0.2, 0.25) is 0 Å². The van der Waals surface area contributed by atoms with Gasteiger partial charge in [0.05, 0.1) is 6.61 Å². The third kappa shape index (κ3) is 2.60. The fourth-order valence-corrected chi connectivity index (χ4v) is 2.16. The highest BCUT2D eigenvalue weighted by Gasteiger charge is 2.35. The van der Waals surface area contributed by atoms with Crippen molar-refractivity contribution in [1.29, 1.82) is 0 Å². The Morgan fingerprint density at radius 3 is 2.75 bits per heavy atom. The summed E-state index contributed by atoms with van der Waals surface area (Å²) in [7, 11) is 1.90. The molecule has 0 saturated carbocycles. The summed E-state index contributed by atoms with van der Waals surface area (Å²) >= 11 is 0. The maximum absolute atomic E-state index is 14.3. The van der Waals surface area contributed by atoms with E-state index in [1.165, 1.54) is 5.56 Å². The highest BCUT2D eigenvalue weighted by molar-refractivity contribution is 5.28. The van der Waals surface area contributed by atoms with Gasteiger partial charge in [0.25, 0.3) is 0 Å². The smallest absolute Gasteiger partial charge is 0.140 e. The summed E-state index contributed by atoms with van der Waals surface area (Å²) < 4.78 is 19.4. The molecular formula is C13H18FNO. The molecule has 16 heavy (non-hydrogen) atoms. The Labute approximate surface area is 95.8 Å². The molecule has 0 radical (unpaired) electrons. The second-order valence-corrected chi connectivity index (χ2v) is 4.43. The van der Waals surface area contributed by atoms with E-state index in [1.54, 1.807) is 0 Å². The molecular weight excluding hydrogens is 205 g/mol. The number of rotatable bonds is 4. The molecule has 2 rings (SSSR count). The summed E-state index contributed by atoms with van der Waals surface area (Å²) in [6.45, 7) is 1.57. The van der Waals surface area contributed by atoms with Crippen LogP contribution in [0.2, 0.25) is 0 Å². The molecule has 0 amide bonds. The molecule has 0 bridgehead atoms. The van der Waals surface area contributed by atoms with E-state index < -0.39 is 5.67 Å². The number of alkyl halides is 1. The van der Waals surface area contributed by atoms with E-state index in [0.29, 0.717) is 19.4 Å². The highest BCUT2D eigenvalue weighted by atomic mass is 19.1. The van der Waals surface area contributed by atoms with Crippen molar-refractivity contribution in [2.75, 3.05) is 20.3 Å². The van der Waals surface area contributed by atoms with Crippen molar-refractivity contribution in [2.45, 2.75) is 25.1 Å². The standard InChI is InChI=1S/C13H18FNO/c1-15-9-12-5-3-2-4-11(12)8-13(14)6-7-16-10-13/h2-5,15H,6-10H2,1H3. The van der Waals surface area contributed by atoms with Crippen LogP contribution in [0.5, 0.6) is 0 Å². The Morgan fingerprint density at radius 1 is 1.38 bits per heavy atom. The van der Waals surface area contributed by atoms with Crippen LogP contribution in [0.25, 0.3) is 0 Å². The summed E-state index contributed by atoms with van der Waals surface area (Å²) in [5, 5.41) is 3.11. The average Bonchev–Trinajstić information content (AvgIpc) is 2.68. The lowest BCUT2D eigenvalue weighted by Crippen LogP contribution is -2.27. The van der Waals surface area contributed by atoms with Crippen LogP contribution in [0, 0.1) is 0 Å². The molecule has 1 fully saturated rings. The van der Waals surface area contributed by atoms with E-state index in [-0.39, 0.29) is 6.61 Å². The maximum Gasteiger partial charge on any atom is 0.140 e. The van der Waals surface area contributed by atoms with E-state index in [2.05, 4.69) is 5.32 Å². The number of hydrogen-bond donors (Lipinski definition) is 1. The van der Waals surface area contributed by atoms with Crippen LogP contribution in [-0.4, -0.2) is 25.9 Å². The van der Waals surface area contributed by atoms with Crippen molar-refractivity contribution < 1.29 is 9.13 Å². The van der Waals surface area contributed by atoms with Gasteiger partial charge >= 0.3 is 0 Å². The van der Waals surface area contributed by atoms with Gasteiger partial charge in [0.15, 0.2) is 0 Å². The van der Waals surface area contributed by atoms with Crippen LogP contribution in [0.4, 0.5) is 4.39 Å². The van der Waals surface area contributed by atoms with Crippen LogP contribution >= 0.6 is 0 Å². The Morgan fingerprint density at radius 2 is 2.12 bits per heavy atom. The monoisotopic (exact) mass is 223 g/mol. The maximum atomic E-state index is 14.3. The molecule has 1 aliphatic rings. The van der Waals surface area contributed by atoms with Crippen molar-refractivity contribution in [3.8, 4) is 0 Å². The minimum atomic E-state index is -1.16. The molecule has 0 aliphatic carbocycles. The zero-order chi connectivity index (χ0) is 11.4. The molecule has 0 aromatic heterocycles. The van der Waals surface area contributed by atoms with Crippen LogP contribution in [0.1, 0.15) is 17.5 Å². The Hall–Kier alpha value is -0.930. The molecule has 1 N–H and O–H groups in total. The predicted octanol–water partition coefficient (Wildman–Crippen LogP) is 2.08. The second kappa shape index (κ2) is 4.93. The Balaban J connectivity index is 2.13. The zero-order valence-electron chi connectivity index (χ0n) is 9.63. The molecule has 0 spiro atoms. The van der Waals surface area contributed by atoms with Gasteiger partial charge in [-0.15, -0.1) is 0 Å². The lowest BCUT2D eigenvalue weighted by atomic mass is 9.92. The molecule has 1 heterocycles. The molecule has 1 aliphatic heterocycles. The van der Waals surface area contributed by atoms with Crippen molar-refractivity contribution in [1.82, 2.24) is 5.32 Å². The lowest BCUT2D eigenvalue weighted by Gasteiger charge is -2.19. The van der Waals surface area contributed by atoms with Crippen LogP contribution in [0.3, 0.4) is 0 Å². The van der Waals surface area contributed by atoms with Gasteiger partial charge in [0, 0.05) is 26.0 Å². The molecule has 2 nitrogen and oxygen atoms in total. The van der Waals surface area contributed by atoms with E-state index in [9.17, 15) is 4.39 Å². The second-order valence-electron chi connectivity index (χ2n) is 4.43. The fourth-order valence-electron chi connectivity index (χ4n) is 2.16. The quantitative estimate of drug-likeness (QED) is 0.843. The summed E-state index contributed by atoms with van der Waals surface area (Å²) in [6.07, 6.45) is 0.978. The van der Waals surface area contributed by atoms with Crippen molar-refractivity contribution in [3.63, 3.8) is 0 Å². The lowest BCUT2D eigenvalue weighted by molar-refractivity contribution is 0.112. The topological polar surface area (TPSA) is 21.3 Å². The first kappa shape index (κ1) is 11.6. The van der Waals surface area contributed by atoms with Crippen molar-refractivity contribution in [3.05, 3.63) is 35.4 Å². The van der Waals surface area contributed by atoms with Crippen LogP contribution in [0.15, 0.2) is 24.3 Å². The summed E-state index contributed by atoms with van der Waals surface area (Å²) in [4.78, 5) is 0. The van der Waals surface area contributed by atoms with E-state index in [1.807, 2.05) is 31.3 Å². The zero-order valence-corrected chi connectivity index (χ0v) is 9.63. The van der Waals surface area contributed by atoms with Gasteiger partial charge in [-0.3, -0.25) is 0 Å². The largest absolute Gasteiger partial charge is 0.378 e. The minimum absolute atomic E-state index is 0.237. The van der Waals surface area contributed by atoms with Gasteiger partial charge in [-0.05, 0) is 18.2 Å². The number of benzene rings is 1. The number of ether oxygens (including phenoxy) is 1. The third-order valence-corrected chi connectivity index (χ3v) is 3.05.